The number of morpholine rings is 1. The molecule has 7 nitrogen and oxygen atoms in total. The lowest BCUT2D eigenvalue weighted by atomic mass is 9.94. The van der Waals surface area contributed by atoms with E-state index in [1.54, 1.807) is 7.11 Å². The van der Waals surface area contributed by atoms with Crippen molar-refractivity contribution >= 4 is 11.8 Å². The number of piperazine rings is 1. The minimum absolute atomic E-state index is 0.00372. The molecule has 3 fully saturated rings. The third kappa shape index (κ3) is 4.47. The number of para-hydroxylation sites is 1. The topological polar surface area (TPSA) is 62.3 Å². The van der Waals surface area contributed by atoms with E-state index in [0.717, 1.165) is 25.9 Å². The van der Waals surface area contributed by atoms with Gasteiger partial charge in [0.25, 0.3) is 5.91 Å². The highest BCUT2D eigenvalue weighted by molar-refractivity contribution is 5.97. The highest BCUT2D eigenvalue weighted by atomic mass is 16.5. The van der Waals surface area contributed by atoms with Gasteiger partial charge in [-0.15, -0.1) is 0 Å². The summed E-state index contributed by atoms with van der Waals surface area (Å²) >= 11 is 0. The summed E-state index contributed by atoms with van der Waals surface area (Å²) in [5.41, 5.74) is 0.602. The van der Waals surface area contributed by atoms with Crippen LogP contribution in [0, 0.1) is 5.92 Å². The van der Waals surface area contributed by atoms with E-state index >= 15 is 0 Å². The van der Waals surface area contributed by atoms with Gasteiger partial charge in [-0.2, -0.15) is 0 Å². The summed E-state index contributed by atoms with van der Waals surface area (Å²) in [6.07, 6.45) is 4.68. The maximum absolute atomic E-state index is 13.4. The Hall–Kier alpha value is -2.12. The Kier molecular flexibility index (Phi) is 6.89. The van der Waals surface area contributed by atoms with Crippen LogP contribution < -0.4 is 4.74 Å². The molecule has 0 radical (unpaired) electrons. The lowest BCUT2D eigenvalue weighted by molar-refractivity contribution is -0.144. The van der Waals surface area contributed by atoms with Gasteiger partial charge >= 0.3 is 0 Å². The normalized spacial score (nSPS) is 22.2. The summed E-state index contributed by atoms with van der Waals surface area (Å²) in [5, 5.41) is 0. The van der Waals surface area contributed by atoms with Crippen molar-refractivity contribution in [3.05, 3.63) is 29.8 Å². The molecule has 30 heavy (non-hydrogen) atoms. The van der Waals surface area contributed by atoms with Crippen molar-refractivity contribution < 1.29 is 19.1 Å². The first kappa shape index (κ1) is 21.1. The van der Waals surface area contributed by atoms with Crippen molar-refractivity contribution in [3.63, 3.8) is 0 Å². The summed E-state index contributed by atoms with van der Waals surface area (Å²) in [6.45, 7) is 5.38. The highest BCUT2D eigenvalue weighted by Gasteiger charge is 2.39. The molecule has 3 aliphatic rings. The molecule has 164 valence electrons. The molecule has 0 N–H and O–H groups in total. The zero-order valence-electron chi connectivity index (χ0n) is 17.9. The first-order chi connectivity index (χ1) is 14.7. The van der Waals surface area contributed by atoms with Gasteiger partial charge in [-0.25, -0.2) is 0 Å². The van der Waals surface area contributed by atoms with Crippen LogP contribution in [-0.2, 0) is 9.53 Å². The number of nitrogens with zero attached hydrogens (tertiary/aromatic N) is 3. The fraction of sp³-hybridized carbons (Fsp3) is 0.652. The van der Waals surface area contributed by atoms with Crippen molar-refractivity contribution in [2.75, 3.05) is 59.6 Å². The molecule has 0 aromatic heterocycles. The largest absolute Gasteiger partial charge is 0.496 e. The molecule has 7 heteroatoms. The van der Waals surface area contributed by atoms with Crippen molar-refractivity contribution in [1.82, 2.24) is 14.7 Å². The van der Waals surface area contributed by atoms with Gasteiger partial charge in [0.15, 0.2) is 0 Å². The Balaban J connectivity index is 1.43. The number of hydrogen-bond acceptors (Lipinski definition) is 5. The summed E-state index contributed by atoms with van der Waals surface area (Å²) in [4.78, 5) is 32.7. The number of ether oxygens (including phenoxy) is 2. The second-order valence-corrected chi connectivity index (χ2v) is 8.46. The summed E-state index contributed by atoms with van der Waals surface area (Å²) < 4.78 is 10.8. The smallest absolute Gasteiger partial charge is 0.257 e. The second kappa shape index (κ2) is 9.79. The van der Waals surface area contributed by atoms with Gasteiger partial charge in [0.1, 0.15) is 5.75 Å². The van der Waals surface area contributed by atoms with E-state index in [1.165, 1.54) is 12.8 Å². The van der Waals surface area contributed by atoms with Crippen LogP contribution in [0.2, 0.25) is 0 Å². The molecule has 2 saturated heterocycles. The number of hydrogen-bond donors (Lipinski definition) is 0. The van der Waals surface area contributed by atoms with E-state index in [2.05, 4.69) is 4.90 Å². The van der Waals surface area contributed by atoms with Crippen molar-refractivity contribution in [1.29, 1.82) is 0 Å². The summed E-state index contributed by atoms with van der Waals surface area (Å²) in [7, 11) is 1.59. The van der Waals surface area contributed by atoms with E-state index in [4.69, 9.17) is 9.47 Å². The molecule has 2 heterocycles. The van der Waals surface area contributed by atoms with Crippen LogP contribution in [0.3, 0.4) is 0 Å². The minimum atomic E-state index is -0.0610. The van der Waals surface area contributed by atoms with Crippen LogP contribution in [0.4, 0.5) is 0 Å². The molecule has 2 aliphatic heterocycles. The monoisotopic (exact) mass is 415 g/mol. The predicted molar refractivity (Wildman–Crippen MR) is 114 cm³/mol. The Morgan fingerprint density at radius 2 is 1.63 bits per heavy atom. The molecule has 1 aromatic carbocycles. The minimum Gasteiger partial charge on any atom is -0.496 e. The quantitative estimate of drug-likeness (QED) is 0.735. The van der Waals surface area contributed by atoms with Crippen molar-refractivity contribution in [3.8, 4) is 5.75 Å². The Bertz CT molecular complexity index is 736. The van der Waals surface area contributed by atoms with Gasteiger partial charge in [-0.3, -0.25) is 14.5 Å². The number of methoxy groups -OCH3 is 1. The molecule has 2 amide bonds. The number of carbonyl (C=O) groups excluding carboxylic acids is 2. The fourth-order valence-electron chi connectivity index (χ4n) is 5.09. The fourth-order valence-corrected chi connectivity index (χ4v) is 5.09. The van der Waals surface area contributed by atoms with E-state index < -0.39 is 0 Å². The van der Waals surface area contributed by atoms with E-state index in [1.807, 2.05) is 34.1 Å². The van der Waals surface area contributed by atoms with Crippen LogP contribution in [0.25, 0.3) is 0 Å². The van der Waals surface area contributed by atoms with Gasteiger partial charge < -0.3 is 19.3 Å². The molecule has 1 unspecified atom stereocenters. The summed E-state index contributed by atoms with van der Waals surface area (Å²) in [5.74, 6) is 1.30. The van der Waals surface area contributed by atoms with Gasteiger partial charge in [-0.1, -0.05) is 25.0 Å². The lowest BCUT2D eigenvalue weighted by Gasteiger charge is -2.43. The van der Waals surface area contributed by atoms with Crippen LogP contribution in [0.1, 0.15) is 36.0 Å². The average Bonchev–Trinajstić information content (AvgIpc) is 3.34. The zero-order valence-corrected chi connectivity index (χ0v) is 17.9. The van der Waals surface area contributed by atoms with Crippen LogP contribution in [0.5, 0.6) is 5.75 Å². The predicted octanol–water partition coefficient (Wildman–Crippen LogP) is 1.87. The number of rotatable bonds is 5. The maximum atomic E-state index is 13.4. The highest BCUT2D eigenvalue weighted by Crippen LogP contribution is 2.32. The van der Waals surface area contributed by atoms with Crippen molar-refractivity contribution in [2.24, 2.45) is 5.92 Å². The lowest BCUT2D eigenvalue weighted by Crippen LogP contribution is -2.59. The Labute approximate surface area is 178 Å². The molecular weight excluding hydrogens is 382 g/mol. The first-order valence-electron chi connectivity index (χ1n) is 11.2. The number of benzene rings is 1. The molecule has 1 aliphatic carbocycles. The number of carbonyl (C=O) groups is 2. The van der Waals surface area contributed by atoms with Crippen molar-refractivity contribution in [2.45, 2.75) is 31.7 Å². The van der Waals surface area contributed by atoms with E-state index in [9.17, 15) is 9.59 Å². The van der Waals surface area contributed by atoms with E-state index in [0.29, 0.717) is 56.6 Å². The molecule has 1 aromatic rings. The second-order valence-electron chi connectivity index (χ2n) is 8.46. The number of amides is 2. The molecule has 0 spiro atoms. The van der Waals surface area contributed by atoms with Crippen LogP contribution >= 0.6 is 0 Å². The van der Waals surface area contributed by atoms with Crippen LogP contribution in [0.15, 0.2) is 24.3 Å². The van der Waals surface area contributed by atoms with Gasteiger partial charge in [0, 0.05) is 39.3 Å². The molecule has 0 bridgehead atoms. The average molecular weight is 416 g/mol. The zero-order chi connectivity index (χ0) is 20.9. The third-order valence-electron chi connectivity index (χ3n) is 6.75. The van der Waals surface area contributed by atoms with Gasteiger partial charge in [0.05, 0.1) is 31.9 Å². The molecule has 1 saturated carbocycles. The SMILES string of the molecule is COc1ccccc1C(=O)N1CCN(C(C(=O)N2CCOCC2)C2CCCC2)CC1. The van der Waals surface area contributed by atoms with Crippen LogP contribution in [-0.4, -0.2) is 92.1 Å². The molecular formula is C23H33N3O4. The Morgan fingerprint density at radius 3 is 2.30 bits per heavy atom. The van der Waals surface area contributed by atoms with Gasteiger partial charge in [-0.05, 0) is 30.9 Å². The summed E-state index contributed by atoms with van der Waals surface area (Å²) in [6, 6.07) is 7.31. The Morgan fingerprint density at radius 1 is 0.967 bits per heavy atom. The standard InChI is InChI=1S/C23H33N3O4/c1-29-20-9-5-4-8-19(20)22(27)25-12-10-24(11-13-25)21(18-6-2-3-7-18)23(28)26-14-16-30-17-15-26/h4-5,8-9,18,21H,2-3,6-7,10-17H2,1H3. The van der Waals surface area contributed by atoms with E-state index in [-0.39, 0.29) is 17.9 Å². The third-order valence-corrected chi connectivity index (χ3v) is 6.75. The van der Waals surface area contributed by atoms with Gasteiger partial charge in [0.2, 0.25) is 5.91 Å². The molecule has 4 rings (SSSR count). The maximum Gasteiger partial charge on any atom is 0.257 e. The molecule has 1 atom stereocenters. The first-order valence-corrected chi connectivity index (χ1v) is 11.2.